The fourth-order valence-corrected chi connectivity index (χ4v) is 3.55. The van der Waals surface area contributed by atoms with Gasteiger partial charge in [0.05, 0.1) is 0 Å². The van der Waals surface area contributed by atoms with Crippen molar-refractivity contribution in [1.29, 1.82) is 0 Å². The molecule has 0 N–H and O–H groups in total. The van der Waals surface area contributed by atoms with Gasteiger partial charge in [-0.3, -0.25) is 0 Å². The Hall–Kier alpha value is -1.26. The summed E-state index contributed by atoms with van der Waals surface area (Å²) in [5, 5.41) is 0. The number of fused-ring (bicyclic) bond motifs is 1. The van der Waals surface area contributed by atoms with Gasteiger partial charge < -0.3 is 4.90 Å². The predicted octanol–water partition coefficient (Wildman–Crippen LogP) is 3.58. The van der Waals surface area contributed by atoms with Gasteiger partial charge in [0.25, 0.3) is 0 Å². The molecule has 1 saturated heterocycles. The lowest BCUT2D eigenvalue weighted by atomic mass is 10.0. The van der Waals surface area contributed by atoms with Crippen LogP contribution in [0.3, 0.4) is 0 Å². The van der Waals surface area contributed by atoms with Gasteiger partial charge in [0.1, 0.15) is 11.5 Å². The second-order valence-electron chi connectivity index (χ2n) is 5.88. The molecule has 1 aromatic heterocycles. The minimum atomic E-state index is -4.36. The summed E-state index contributed by atoms with van der Waals surface area (Å²) in [6, 6.07) is 4.16. The average Bonchev–Trinajstić information content (AvgIpc) is 2.85. The normalized spacial score (nSPS) is 30.7. The van der Waals surface area contributed by atoms with Crippen LogP contribution in [0.1, 0.15) is 25.5 Å². The van der Waals surface area contributed by atoms with Crippen molar-refractivity contribution in [1.82, 2.24) is 4.98 Å². The Balaban J connectivity index is 1.78. The predicted molar refractivity (Wildman–Crippen MR) is 66.8 cm³/mol. The van der Waals surface area contributed by atoms with E-state index in [0.717, 1.165) is 25.1 Å². The molecule has 1 saturated carbocycles. The third-order valence-corrected chi connectivity index (χ3v) is 4.34. The second-order valence-corrected chi connectivity index (χ2v) is 5.88. The lowest BCUT2D eigenvalue weighted by Gasteiger charge is -2.20. The van der Waals surface area contributed by atoms with Crippen LogP contribution in [0.2, 0.25) is 0 Å². The Morgan fingerprint density at radius 3 is 2.37 bits per heavy atom. The minimum absolute atomic E-state index is 0.469. The van der Waals surface area contributed by atoms with Crippen molar-refractivity contribution >= 4 is 5.82 Å². The van der Waals surface area contributed by atoms with Crippen molar-refractivity contribution in [2.75, 3.05) is 18.0 Å². The molecule has 0 amide bonds. The maximum absolute atomic E-state index is 12.7. The summed E-state index contributed by atoms with van der Waals surface area (Å²) in [6.07, 6.45) is -1.97. The fourth-order valence-electron chi connectivity index (χ4n) is 3.55. The Morgan fingerprint density at radius 1 is 1.16 bits per heavy atom. The molecule has 2 aliphatic rings. The lowest BCUT2D eigenvalue weighted by Crippen LogP contribution is -2.23. The molecule has 3 rings (SSSR count). The highest BCUT2D eigenvalue weighted by molar-refractivity contribution is 5.41. The molecule has 0 bridgehead atoms. The van der Waals surface area contributed by atoms with Crippen LogP contribution >= 0.6 is 0 Å². The van der Waals surface area contributed by atoms with Gasteiger partial charge in [0.2, 0.25) is 0 Å². The molecule has 0 radical (unpaired) electrons. The summed E-state index contributed by atoms with van der Waals surface area (Å²) >= 11 is 0. The van der Waals surface area contributed by atoms with Gasteiger partial charge >= 0.3 is 6.18 Å². The van der Waals surface area contributed by atoms with Gasteiger partial charge in [-0.25, -0.2) is 4.98 Å². The zero-order valence-electron chi connectivity index (χ0n) is 10.8. The van der Waals surface area contributed by atoms with Crippen molar-refractivity contribution in [2.45, 2.75) is 25.9 Å². The first-order valence-corrected chi connectivity index (χ1v) is 6.72. The Kier molecular flexibility index (Phi) is 2.95. The molecule has 104 valence electrons. The van der Waals surface area contributed by atoms with E-state index in [2.05, 4.69) is 11.9 Å². The maximum atomic E-state index is 12.7. The topological polar surface area (TPSA) is 16.1 Å². The van der Waals surface area contributed by atoms with Gasteiger partial charge in [-0.15, -0.1) is 0 Å². The number of halogens is 3. The van der Waals surface area contributed by atoms with Crippen molar-refractivity contribution in [2.24, 2.45) is 17.8 Å². The molecule has 2 nitrogen and oxygen atoms in total. The van der Waals surface area contributed by atoms with Crippen molar-refractivity contribution in [3.05, 3.63) is 23.9 Å². The Bertz CT molecular complexity index is 458. The highest BCUT2D eigenvalue weighted by atomic mass is 19.4. The van der Waals surface area contributed by atoms with Crippen molar-refractivity contribution < 1.29 is 13.2 Å². The highest BCUT2D eigenvalue weighted by Gasteiger charge is 2.40. The average molecular weight is 270 g/mol. The fraction of sp³-hybridized carbons (Fsp3) is 0.643. The number of pyridine rings is 1. The smallest absolute Gasteiger partial charge is 0.356 e. The summed E-state index contributed by atoms with van der Waals surface area (Å²) in [7, 11) is 0. The molecule has 2 atom stereocenters. The first-order valence-electron chi connectivity index (χ1n) is 6.72. The van der Waals surface area contributed by atoms with Gasteiger partial charge in [-0.05, 0) is 42.7 Å². The molecule has 5 heteroatoms. The molecule has 1 aromatic rings. The number of rotatable bonds is 1. The standard InChI is InChI=1S/C14H17F3N2/c1-9-5-10-7-19(8-11(10)6-9)13-4-2-3-12(18-13)14(15,16)17/h2-4,9-11H,5-8H2,1H3. The molecule has 0 spiro atoms. The molecular formula is C14H17F3N2. The van der Waals surface area contributed by atoms with Crippen LogP contribution in [0.15, 0.2) is 18.2 Å². The lowest BCUT2D eigenvalue weighted by molar-refractivity contribution is -0.141. The largest absolute Gasteiger partial charge is 0.433 e. The van der Waals surface area contributed by atoms with Crippen LogP contribution in [0.4, 0.5) is 19.0 Å². The molecule has 2 heterocycles. The molecule has 1 aliphatic heterocycles. The minimum Gasteiger partial charge on any atom is -0.356 e. The molecule has 1 aliphatic carbocycles. The summed E-state index contributed by atoms with van der Waals surface area (Å²) < 4.78 is 38.0. The highest BCUT2D eigenvalue weighted by Crippen LogP contribution is 2.42. The van der Waals surface area contributed by atoms with E-state index in [1.54, 1.807) is 6.07 Å². The van der Waals surface area contributed by atoms with E-state index in [-0.39, 0.29) is 0 Å². The summed E-state index contributed by atoms with van der Waals surface area (Å²) in [4.78, 5) is 5.78. The zero-order chi connectivity index (χ0) is 13.6. The van der Waals surface area contributed by atoms with Crippen LogP contribution in [0.5, 0.6) is 0 Å². The van der Waals surface area contributed by atoms with E-state index in [1.807, 2.05) is 4.90 Å². The van der Waals surface area contributed by atoms with Crippen LogP contribution in [-0.4, -0.2) is 18.1 Å². The van der Waals surface area contributed by atoms with Gasteiger partial charge in [0, 0.05) is 13.1 Å². The van der Waals surface area contributed by atoms with E-state index in [1.165, 1.54) is 18.9 Å². The zero-order valence-corrected chi connectivity index (χ0v) is 10.8. The van der Waals surface area contributed by atoms with Gasteiger partial charge in [0.15, 0.2) is 0 Å². The number of anilines is 1. The number of aromatic nitrogens is 1. The summed E-state index contributed by atoms with van der Waals surface area (Å²) in [5.41, 5.74) is -0.796. The monoisotopic (exact) mass is 270 g/mol. The quantitative estimate of drug-likeness (QED) is 0.775. The van der Waals surface area contributed by atoms with Crippen LogP contribution in [0, 0.1) is 17.8 Å². The second kappa shape index (κ2) is 4.39. The Morgan fingerprint density at radius 2 is 1.79 bits per heavy atom. The first kappa shape index (κ1) is 12.8. The Labute approximate surface area is 110 Å². The molecule has 0 aromatic carbocycles. The van der Waals surface area contributed by atoms with Gasteiger partial charge in [-0.1, -0.05) is 13.0 Å². The number of hydrogen-bond acceptors (Lipinski definition) is 2. The molecule has 19 heavy (non-hydrogen) atoms. The first-order chi connectivity index (χ1) is 8.93. The summed E-state index contributed by atoms with van der Waals surface area (Å²) in [5.74, 6) is 2.49. The maximum Gasteiger partial charge on any atom is 0.433 e. The summed E-state index contributed by atoms with van der Waals surface area (Å²) in [6.45, 7) is 3.96. The number of nitrogens with zero attached hydrogens (tertiary/aromatic N) is 2. The van der Waals surface area contributed by atoms with E-state index in [4.69, 9.17) is 0 Å². The number of alkyl halides is 3. The third-order valence-electron chi connectivity index (χ3n) is 4.34. The van der Waals surface area contributed by atoms with Crippen LogP contribution in [-0.2, 0) is 6.18 Å². The van der Waals surface area contributed by atoms with Crippen LogP contribution in [0.25, 0.3) is 0 Å². The van der Waals surface area contributed by atoms with Crippen molar-refractivity contribution in [3.63, 3.8) is 0 Å². The molecular weight excluding hydrogens is 253 g/mol. The van der Waals surface area contributed by atoms with E-state index in [0.29, 0.717) is 17.7 Å². The number of hydrogen-bond donors (Lipinski definition) is 0. The third kappa shape index (κ3) is 2.42. The van der Waals surface area contributed by atoms with E-state index < -0.39 is 11.9 Å². The SMILES string of the molecule is CC1CC2CN(c3cccc(C(F)(F)F)n3)CC2C1. The van der Waals surface area contributed by atoms with E-state index >= 15 is 0 Å². The molecule has 2 unspecified atom stereocenters. The van der Waals surface area contributed by atoms with Gasteiger partial charge in [-0.2, -0.15) is 13.2 Å². The van der Waals surface area contributed by atoms with Crippen molar-refractivity contribution in [3.8, 4) is 0 Å². The van der Waals surface area contributed by atoms with Crippen LogP contribution < -0.4 is 4.90 Å². The molecule has 2 fully saturated rings. The van der Waals surface area contributed by atoms with E-state index in [9.17, 15) is 13.2 Å².